The van der Waals surface area contributed by atoms with Gasteiger partial charge in [-0.05, 0) is 67.3 Å². The van der Waals surface area contributed by atoms with E-state index >= 15 is 0 Å². The predicted octanol–water partition coefficient (Wildman–Crippen LogP) is 3.34. The highest BCUT2D eigenvalue weighted by atomic mass is 32.2. The highest BCUT2D eigenvalue weighted by Gasteiger charge is 2.43. The van der Waals surface area contributed by atoms with Crippen molar-refractivity contribution in [3.8, 4) is 5.75 Å². The van der Waals surface area contributed by atoms with Gasteiger partial charge in [-0.2, -0.15) is 0 Å². The Morgan fingerprint density at radius 2 is 1.77 bits per heavy atom. The van der Waals surface area contributed by atoms with Gasteiger partial charge in [0.05, 0.1) is 12.0 Å². The quantitative estimate of drug-likeness (QED) is 0.585. The van der Waals surface area contributed by atoms with Gasteiger partial charge in [-0.1, -0.05) is 12.1 Å². The molecule has 0 spiro atoms. The number of aryl methyl sites for hydroxylation is 1. The Balaban J connectivity index is 1.37. The van der Waals surface area contributed by atoms with Gasteiger partial charge in [0.25, 0.3) is 10.0 Å². The molecule has 1 saturated carbocycles. The molecular weight excluding hydrogens is 416 g/mol. The van der Waals surface area contributed by atoms with E-state index in [1.54, 1.807) is 32.2 Å². The molecule has 0 saturated heterocycles. The zero-order chi connectivity index (χ0) is 22.0. The van der Waals surface area contributed by atoms with Crippen LogP contribution in [0.2, 0.25) is 0 Å². The summed E-state index contributed by atoms with van der Waals surface area (Å²) in [5.41, 5.74) is 2.29. The molecule has 2 N–H and O–H groups in total. The van der Waals surface area contributed by atoms with Crippen molar-refractivity contribution in [2.24, 2.45) is 5.92 Å². The summed E-state index contributed by atoms with van der Waals surface area (Å²) in [4.78, 5) is 20.6. The van der Waals surface area contributed by atoms with E-state index in [-0.39, 0.29) is 28.6 Å². The van der Waals surface area contributed by atoms with Crippen molar-refractivity contribution in [2.45, 2.75) is 24.2 Å². The van der Waals surface area contributed by atoms with Crippen LogP contribution in [-0.2, 0) is 14.8 Å². The lowest BCUT2D eigenvalue weighted by Crippen LogP contribution is -2.16. The fourth-order valence-corrected chi connectivity index (χ4v) is 4.28. The van der Waals surface area contributed by atoms with E-state index in [1.165, 1.54) is 18.3 Å². The Kier molecular flexibility index (Phi) is 5.60. The molecule has 1 aliphatic rings. The number of nitrogens with zero attached hydrogens (tertiary/aromatic N) is 2. The number of nitrogens with one attached hydrogen (secondary N) is 2. The summed E-state index contributed by atoms with van der Waals surface area (Å²) in [6.07, 6.45) is 2.26. The van der Waals surface area contributed by atoms with Crippen LogP contribution < -0.4 is 14.8 Å². The van der Waals surface area contributed by atoms with Gasteiger partial charge >= 0.3 is 0 Å². The summed E-state index contributed by atoms with van der Waals surface area (Å²) < 4.78 is 32.6. The van der Waals surface area contributed by atoms with E-state index in [9.17, 15) is 13.2 Å². The smallest absolute Gasteiger partial charge is 0.264 e. The second-order valence-electron chi connectivity index (χ2n) is 7.36. The molecule has 1 fully saturated rings. The van der Waals surface area contributed by atoms with Crippen molar-refractivity contribution in [3.05, 3.63) is 72.1 Å². The Morgan fingerprint density at radius 3 is 2.42 bits per heavy atom. The summed E-state index contributed by atoms with van der Waals surface area (Å²) in [5.74, 6) is 0.795. The van der Waals surface area contributed by atoms with Gasteiger partial charge in [0.2, 0.25) is 11.9 Å². The number of amides is 1. The van der Waals surface area contributed by atoms with Gasteiger partial charge in [-0.25, -0.2) is 23.1 Å². The van der Waals surface area contributed by atoms with E-state index in [4.69, 9.17) is 4.74 Å². The maximum Gasteiger partial charge on any atom is 0.264 e. The lowest BCUT2D eigenvalue weighted by atomic mass is 10.1. The number of benzene rings is 2. The van der Waals surface area contributed by atoms with Crippen molar-refractivity contribution in [1.82, 2.24) is 9.97 Å². The third-order valence-electron chi connectivity index (χ3n) is 5.12. The molecule has 1 aromatic heterocycles. The number of anilines is 2. The molecule has 1 heterocycles. The van der Waals surface area contributed by atoms with Crippen LogP contribution in [0.25, 0.3) is 0 Å². The molecule has 2 atom stereocenters. The predicted molar refractivity (Wildman–Crippen MR) is 116 cm³/mol. The molecule has 9 heteroatoms. The minimum absolute atomic E-state index is 0.00989. The standard InChI is InChI=1S/C22H22N4O4S/c1-14-11-12-23-22(24-14)26-31(28,29)18-9-5-16(6-10-18)25-21(27)20-13-19(20)15-3-7-17(30-2)8-4-15/h3-12,19-20H,13H2,1-2H3,(H,25,27)(H,23,24,26). The molecule has 160 valence electrons. The largest absolute Gasteiger partial charge is 0.497 e. The lowest BCUT2D eigenvalue weighted by molar-refractivity contribution is -0.117. The van der Waals surface area contributed by atoms with Gasteiger partial charge < -0.3 is 10.1 Å². The summed E-state index contributed by atoms with van der Waals surface area (Å²) in [5, 5.41) is 2.86. The average molecular weight is 439 g/mol. The molecule has 8 nitrogen and oxygen atoms in total. The van der Waals surface area contributed by atoms with Gasteiger partial charge in [0.1, 0.15) is 5.75 Å². The van der Waals surface area contributed by atoms with Gasteiger partial charge in [-0.3, -0.25) is 4.79 Å². The first-order valence-electron chi connectivity index (χ1n) is 9.73. The second-order valence-corrected chi connectivity index (χ2v) is 9.05. The molecule has 4 rings (SSSR count). The molecule has 2 aromatic carbocycles. The van der Waals surface area contributed by atoms with E-state index in [0.717, 1.165) is 17.7 Å². The Bertz CT molecular complexity index is 1190. The summed E-state index contributed by atoms with van der Waals surface area (Å²) in [7, 11) is -2.21. The molecule has 2 unspecified atom stereocenters. The van der Waals surface area contributed by atoms with Crippen LogP contribution in [-0.4, -0.2) is 31.4 Å². The van der Waals surface area contributed by atoms with Gasteiger partial charge in [0.15, 0.2) is 0 Å². The maximum absolute atomic E-state index is 12.6. The number of rotatable bonds is 7. The zero-order valence-electron chi connectivity index (χ0n) is 17.1. The van der Waals surface area contributed by atoms with Crippen molar-refractivity contribution < 1.29 is 17.9 Å². The highest BCUT2D eigenvalue weighted by Crippen LogP contribution is 2.48. The third kappa shape index (κ3) is 4.83. The zero-order valence-corrected chi connectivity index (χ0v) is 17.9. The van der Waals surface area contributed by atoms with Crippen LogP contribution in [0.5, 0.6) is 5.75 Å². The molecule has 1 aliphatic carbocycles. The number of hydrogen-bond donors (Lipinski definition) is 2. The van der Waals surface area contributed by atoms with Crippen LogP contribution in [0.4, 0.5) is 11.6 Å². The Hall–Kier alpha value is -3.46. The topological polar surface area (TPSA) is 110 Å². The van der Waals surface area contributed by atoms with Crippen molar-refractivity contribution in [2.75, 3.05) is 17.1 Å². The van der Waals surface area contributed by atoms with Crippen LogP contribution in [0.3, 0.4) is 0 Å². The summed E-state index contributed by atoms with van der Waals surface area (Å²) in [6, 6.07) is 15.4. The number of aromatic nitrogens is 2. The first kappa shape index (κ1) is 20.8. The lowest BCUT2D eigenvalue weighted by Gasteiger charge is -2.09. The number of methoxy groups -OCH3 is 1. The fraction of sp³-hybridized carbons (Fsp3) is 0.227. The Labute approximate surface area is 180 Å². The average Bonchev–Trinajstić information content (AvgIpc) is 3.55. The normalized spacial score (nSPS) is 17.6. The minimum Gasteiger partial charge on any atom is -0.497 e. The number of carbonyl (C=O) groups excluding carboxylic acids is 1. The minimum atomic E-state index is -3.83. The van der Waals surface area contributed by atoms with Crippen LogP contribution in [0, 0.1) is 12.8 Å². The van der Waals surface area contributed by atoms with E-state index < -0.39 is 10.0 Å². The van der Waals surface area contributed by atoms with E-state index in [2.05, 4.69) is 20.0 Å². The molecule has 31 heavy (non-hydrogen) atoms. The molecule has 0 aliphatic heterocycles. The van der Waals surface area contributed by atoms with E-state index in [0.29, 0.717) is 11.4 Å². The molecule has 0 radical (unpaired) electrons. The summed E-state index contributed by atoms with van der Waals surface area (Å²) in [6.45, 7) is 1.75. The van der Waals surface area contributed by atoms with E-state index in [1.807, 2.05) is 24.3 Å². The van der Waals surface area contributed by atoms with Gasteiger partial charge in [0, 0.05) is 23.5 Å². The third-order valence-corrected chi connectivity index (χ3v) is 6.47. The molecular formula is C22H22N4O4S. The van der Waals surface area contributed by atoms with Crippen LogP contribution >= 0.6 is 0 Å². The van der Waals surface area contributed by atoms with Crippen LogP contribution in [0.1, 0.15) is 23.6 Å². The number of carbonyl (C=O) groups is 1. The highest BCUT2D eigenvalue weighted by molar-refractivity contribution is 7.92. The number of ether oxygens (including phenoxy) is 1. The maximum atomic E-state index is 12.6. The SMILES string of the molecule is COc1ccc(C2CC2C(=O)Nc2ccc(S(=O)(=O)Nc3nccc(C)n3)cc2)cc1. The molecule has 1 amide bonds. The first-order chi connectivity index (χ1) is 14.9. The van der Waals surface area contributed by atoms with Gasteiger partial charge in [-0.15, -0.1) is 0 Å². The molecule has 3 aromatic rings. The second kappa shape index (κ2) is 8.35. The Morgan fingerprint density at radius 1 is 1.06 bits per heavy atom. The van der Waals surface area contributed by atoms with Crippen molar-refractivity contribution >= 4 is 27.6 Å². The molecule has 0 bridgehead atoms. The van der Waals surface area contributed by atoms with Crippen molar-refractivity contribution in [3.63, 3.8) is 0 Å². The number of sulfonamides is 1. The first-order valence-corrected chi connectivity index (χ1v) is 11.2. The summed E-state index contributed by atoms with van der Waals surface area (Å²) >= 11 is 0. The van der Waals surface area contributed by atoms with Crippen molar-refractivity contribution in [1.29, 1.82) is 0 Å². The monoisotopic (exact) mass is 438 g/mol. The van der Waals surface area contributed by atoms with Crippen LogP contribution in [0.15, 0.2) is 65.7 Å². The number of hydrogen-bond acceptors (Lipinski definition) is 6. The fourth-order valence-electron chi connectivity index (χ4n) is 3.33.